The van der Waals surface area contributed by atoms with E-state index in [1.165, 1.54) is 0 Å². The van der Waals surface area contributed by atoms with Crippen molar-refractivity contribution in [1.29, 1.82) is 0 Å². The molecule has 0 atom stereocenters. The van der Waals surface area contributed by atoms with Gasteiger partial charge in [-0.25, -0.2) is 0 Å². The van der Waals surface area contributed by atoms with Crippen LogP contribution >= 0.6 is 0 Å². The molecule has 0 spiro atoms. The molecule has 0 aliphatic carbocycles. The average molecular weight is 207 g/mol. The fraction of sp³-hybridized carbons (Fsp3) is 0.400. The smallest absolute Gasteiger partial charge is 0.249 e. The first kappa shape index (κ1) is 9.92. The number of aryl methyl sites for hydroxylation is 2. The Morgan fingerprint density at radius 3 is 3.00 bits per heavy atom. The van der Waals surface area contributed by atoms with Gasteiger partial charge in [0.2, 0.25) is 5.56 Å². The van der Waals surface area contributed by atoms with Crippen LogP contribution in [0.4, 0.5) is 0 Å². The summed E-state index contributed by atoms with van der Waals surface area (Å²) in [5.41, 5.74) is 2.39. The van der Waals surface area contributed by atoms with Crippen LogP contribution < -0.4 is 5.56 Å². The molecule has 5 nitrogen and oxygen atoms in total. The molecule has 2 heterocycles. The molecular weight excluding hydrogens is 194 g/mol. The molecule has 80 valence electrons. The number of fused-ring (bicyclic) bond motifs is 1. The van der Waals surface area contributed by atoms with Gasteiger partial charge in [-0.15, -0.1) is 0 Å². The molecule has 15 heavy (non-hydrogen) atoms. The molecule has 5 heteroatoms. The second kappa shape index (κ2) is 3.51. The zero-order chi connectivity index (χ0) is 11.0. The van der Waals surface area contributed by atoms with Crippen molar-refractivity contribution in [2.45, 2.75) is 13.5 Å². The van der Waals surface area contributed by atoms with Crippen LogP contribution in [0.2, 0.25) is 0 Å². The highest BCUT2D eigenvalue weighted by molar-refractivity contribution is 5.81. The van der Waals surface area contributed by atoms with Gasteiger partial charge in [-0.2, -0.15) is 5.10 Å². The molecule has 0 aliphatic rings. The third-order valence-corrected chi connectivity index (χ3v) is 2.39. The largest absolute Gasteiger partial charge is 0.380 e. The maximum Gasteiger partial charge on any atom is 0.249 e. The number of aromatic amines is 1. The van der Waals surface area contributed by atoms with Crippen molar-refractivity contribution < 1.29 is 4.74 Å². The Kier molecular flexibility index (Phi) is 2.32. The van der Waals surface area contributed by atoms with Crippen LogP contribution in [0.25, 0.3) is 11.0 Å². The number of ether oxygens (including phenoxy) is 1. The van der Waals surface area contributed by atoms with Crippen molar-refractivity contribution in [3.8, 4) is 0 Å². The van der Waals surface area contributed by atoms with Crippen LogP contribution in [-0.4, -0.2) is 21.9 Å². The van der Waals surface area contributed by atoms with Gasteiger partial charge in [0, 0.05) is 25.6 Å². The van der Waals surface area contributed by atoms with Gasteiger partial charge in [-0.1, -0.05) is 0 Å². The van der Waals surface area contributed by atoms with Gasteiger partial charge in [0.1, 0.15) is 5.65 Å². The normalized spacial score (nSPS) is 11.1. The molecule has 0 bridgehead atoms. The molecule has 0 aromatic carbocycles. The van der Waals surface area contributed by atoms with Crippen molar-refractivity contribution in [3.05, 3.63) is 27.7 Å². The molecule has 0 fully saturated rings. The number of H-pyrrole nitrogens is 1. The summed E-state index contributed by atoms with van der Waals surface area (Å²) < 4.78 is 6.74. The van der Waals surface area contributed by atoms with E-state index in [4.69, 9.17) is 4.74 Å². The summed E-state index contributed by atoms with van der Waals surface area (Å²) in [6, 6.07) is 1.56. The molecule has 2 rings (SSSR count). The van der Waals surface area contributed by atoms with Gasteiger partial charge < -0.3 is 9.72 Å². The van der Waals surface area contributed by atoms with Crippen LogP contribution in [-0.2, 0) is 18.4 Å². The standard InChI is InChI=1S/C10H13N3O2/c1-6-9-7(5-15-3)4-8(14)11-10(9)13(2)12-6/h4H,5H2,1-3H3,(H,11,14). The Balaban J connectivity index is 2.83. The van der Waals surface area contributed by atoms with E-state index in [1.807, 2.05) is 14.0 Å². The van der Waals surface area contributed by atoms with E-state index in [0.29, 0.717) is 6.61 Å². The van der Waals surface area contributed by atoms with Gasteiger partial charge in [0.25, 0.3) is 0 Å². The fourth-order valence-corrected chi connectivity index (χ4v) is 1.84. The highest BCUT2D eigenvalue weighted by Gasteiger charge is 2.10. The molecular formula is C10H13N3O2. The third-order valence-electron chi connectivity index (χ3n) is 2.39. The maximum atomic E-state index is 11.4. The Morgan fingerprint density at radius 1 is 1.60 bits per heavy atom. The monoisotopic (exact) mass is 207 g/mol. The van der Waals surface area contributed by atoms with Crippen molar-refractivity contribution >= 4 is 11.0 Å². The highest BCUT2D eigenvalue weighted by atomic mass is 16.5. The lowest BCUT2D eigenvalue weighted by Crippen LogP contribution is -2.08. The van der Waals surface area contributed by atoms with Crippen LogP contribution in [0.5, 0.6) is 0 Å². The van der Waals surface area contributed by atoms with E-state index in [1.54, 1.807) is 17.9 Å². The quantitative estimate of drug-likeness (QED) is 0.789. The number of aromatic nitrogens is 3. The number of pyridine rings is 1. The Labute approximate surface area is 86.7 Å². The zero-order valence-electron chi connectivity index (χ0n) is 9.00. The fourth-order valence-electron chi connectivity index (χ4n) is 1.84. The lowest BCUT2D eigenvalue weighted by molar-refractivity contribution is 0.186. The SMILES string of the molecule is COCc1cc(=O)[nH]c2c1c(C)nn2C. The average Bonchev–Trinajstić information content (AvgIpc) is 2.42. The third kappa shape index (κ3) is 1.55. The number of hydrogen-bond acceptors (Lipinski definition) is 3. The van der Waals surface area contributed by atoms with Crippen LogP contribution in [0.1, 0.15) is 11.3 Å². The molecule has 0 amide bonds. The summed E-state index contributed by atoms with van der Waals surface area (Å²) in [6.45, 7) is 2.34. The molecule has 0 aliphatic heterocycles. The van der Waals surface area contributed by atoms with Gasteiger partial charge in [0.05, 0.1) is 12.3 Å². The first-order valence-electron chi connectivity index (χ1n) is 4.68. The predicted octanol–water partition coefficient (Wildman–Crippen LogP) is 0.716. The molecule has 0 radical (unpaired) electrons. The molecule has 1 N–H and O–H groups in total. The lowest BCUT2D eigenvalue weighted by Gasteiger charge is -2.01. The van der Waals surface area contributed by atoms with Gasteiger partial charge in [-0.3, -0.25) is 9.48 Å². The molecule has 0 unspecified atom stereocenters. The van der Waals surface area contributed by atoms with E-state index >= 15 is 0 Å². The topological polar surface area (TPSA) is 59.9 Å². The van der Waals surface area contributed by atoms with E-state index in [-0.39, 0.29) is 5.56 Å². The molecule has 2 aromatic rings. The first-order valence-corrected chi connectivity index (χ1v) is 4.68. The van der Waals surface area contributed by atoms with Crippen molar-refractivity contribution in [1.82, 2.24) is 14.8 Å². The number of hydrogen-bond donors (Lipinski definition) is 1. The second-order valence-electron chi connectivity index (χ2n) is 3.52. The number of rotatable bonds is 2. The van der Waals surface area contributed by atoms with E-state index in [0.717, 1.165) is 22.3 Å². The highest BCUT2D eigenvalue weighted by Crippen LogP contribution is 2.18. The van der Waals surface area contributed by atoms with E-state index < -0.39 is 0 Å². The van der Waals surface area contributed by atoms with Crippen molar-refractivity contribution in [2.24, 2.45) is 7.05 Å². The minimum atomic E-state index is -0.127. The predicted molar refractivity (Wildman–Crippen MR) is 56.8 cm³/mol. The van der Waals surface area contributed by atoms with Gasteiger partial charge >= 0.3 is 0 Å². The zero-order valence-corrected chi connectivity index (χ0v) is 9.00. The van der Waals surface area contributed by atoms with E-state index in [2.05, 4.69) is 10.1 Å². The van der Waals surface area contributed by atoms with Crippen LogP contribution in [0.15, 0.2) is 10.9 Å². The van der Waals surface area contributed by atoms with Crippen LogP contribution in [0, 0.1) is 6.92 Å². The minimum absolute atomic E-state index is 0.127. The number of methoxy groups -OCH3 is 1. The molecule has 0 saturated carbocycles. The number of nitrogens with zero attached hydrogens (tertiary/aromatic N) is 2. The Morgan fingerprint density at radius 2 is 2.33 bits per heavy atom. The van der Waals surface area contributed by atoms with Crippen molar-refractivity contribution in [3.63, 3.8) is 0 Å². The van der Waals surface area contributed by atoms with E-state index in [9.17, 15) is 4.79 Å². The van der Waals surface area contributed by atoms with Crippen LogP contribution in [0.3, 0.4) is 0 Å². The first-order chi connectivity index (χ1) is 7.13. The lowest BCUT2D eigenvalue weighted by atomic mass is 10.1. The molecule has 0 saturated heterocycles. The summed E-state index contributed by atoms with van der Waals surface area (Å²) in [7, 11) is 3.42. The van der Waals surface area contributed by atoms with Gasteiger partial charge in [0.15, 0.2) is 0 Å². The number of nitrogens with one attached hydrogen (secondary N) is 1. The summed E-state index contributed by atoms with van der Waals surface area (Å²) in [6.07, 6.45) is 0. The summed E-state index contributed by atoms with van der Waals surface area (Å²) in [5.74, 6) is 0. The minimum Gasteiger partial charge on any atom is -0.380 e. The van der Waals surface area contributed by atoms with Gasteiger partial charge in [-0.05, 0) is 12.5 Å². The molecule has 2 aromatic heterocycles. The van der Waals surface area contributed by atoms with Crippen molar-refractivity contribution in [2.75, 3.05) is 7.11 Å². The maximum absolute atomic E-state index is 11.4. The Hall–Kier alpha value is -1.62. The summed E-state index contributed by atoms with van der Waals surface area (Å²) in [4.78, 5) is 14.2. The second-order valence-corrected chi connectivity index (χ2v) is 3.52. The summed E-state index contributed by atoms with van der Waals surface area (Å²) in [5, 5.41) is 5.24. The Bertz CT molecular complexity index is 554. The summed E-state index contributed by atoms with van der Waals surface area (Å²) >= 11 is 0.